The van der Waals surface area contributed by atoms with Crippen LogP contribution in [0.5, 0.6) is 5.75 Å². The number of carbonyl (C=O) groups excluding carboxylic acids is 1. The molecule has 3 aromatic rings. The van der Waals surface area contributed by atoms with Crippen molar-refractivity contribution < 1.29 is 17.9 Å². The molecule has 3 aromatic carbocycles. The van der Waals surface area contributed by atoms with Crippen molar-refractivity contribution >= 4 is 21.5 Å². The lowest BCUT2D eigenvalue weighted by atomic mass is 9.98. The summed E-state index contributed by atoms with van der Waals surface area (Å²) in [6.45, 7) is 3.38. The summed E-state index contributed by atoms with van der Waals surface area (Å²) in [5.74, 6) is 0.548. The Balaban J connectivity index is 1.53. The topological polar surface area (TPSA) is 76.0 Å². The molecular weight excluding hydrogens is 436 g/mol. The molecule has 7 heteroatoms. The number of ether oxygens (including phenoxy) is 1. The quantitative estimate of drug-likeness (QED) is 0.533. The lowest BCUT2D eigenvalue weighted by molar-refractivity contribution is -0.130. The van der Waals surface area contributed by atoms with E-state index in [2.05, 4.69) is 5.10 Å². The van der Waals surface area contributed by atoms with Crippen molar-refractivity contribution in [3.8, 4) is 5.75 Å². The zero-order valence-electron chi connectivity index (χ0n) is 18.9. The van der Waals surface area contributed by atoms with Gasteiger partial charge in [-0.2, -0.15) is 5.10 Å². The van der Waals surface area contributed by atoms with E-state index in [1.54, 1.807) is 25.3 Å². The predicted molar refractivity (Wildman–Crippen MR) is 128 cm³/mol. The molecule has 0 aromatic heterocycles. The Kier molecular flexibility index (Phi) is 6.33. The molecule has 0 bridgehead atoms. The third kappa shape index (κ3) is 4.98. The Morgan fingerprint density at radius 1 is 1.06 bits per heavy atom. The first kappa shape index (κ1) is 22.7. The standard InChI is InChI=1S/C26H26N2O4S/c1-18-5-4-6-24(15-18)33(30,31)17-20-7-9-21(10-8-20)25-16-26(28(27-25)19(2)29)22-11-13-23(32-3)14-12-22/h4-15,26H,16-17H2,1-3H3. The van der Waals surface area contributed by atoms with Crippen molar-refractivity contribution in [3.05, 3.63) is 95.1 Å². The van der Waals surface area contributed by atoms with Gasteiger partial charge in [0.15, 0.2) is 9.84 Å². The number of rotatable bonds is 6. The van der Waals surface area contributed by atoms with E-state index >= 15 is 0 Å². The molecule has 0 saturated carbocycles. The van der Waals surface area contributed by atoms with E-state index < -0.39 is 9.84 Å². The molecule has 0 fully saturated rings. The summed E-state index contributed by atoms with van der Waals surface area (Å²) in [6.07, 6.45) is 0.576. The molecule has 6 nitrogen and oxygen atoms in total. The molecule has 0 spiro atoms. The Bertz CT molecular complexity index is 1300. The monoisotopic (exact) mass is 462 g/mol. The molecule has 0 saturated heterocycles. The molecular formula is C26H26N2O4S. The first-order chi connectivity index (χ1) is 15.8. The minimum Gasteiger partial charge on any atom is -0.497 e. The van der Waals surface area contributed by atoms with Crippen molar-refractivity contribution in [2.75, 3.05) is 7.11 Å². The summed E-state index contributed by atoms with van der Waals surface area (Å²) in [5, 5.41) is 6.08. The van der Waals surface area contributed by atoms with E-state index in [0.717, 1.165) is 28.2 Å². The van der Waals surface area contributed by atoms with Gasteiger partial charge in [-0.05, 0) is 53.4 Å². The molecule has 1 aliphatic rings. The minimum atomic E-state index is -3.43. The smallest absolute Gasteiger partial charge is 0.240 e. The second-order valence-corrected chi connectivity index (χ2v) is 10.2. The second kappa shape index (κ2) is 9.19. The summed E-state index contributed by atoms with van der Waals surface area (Å²) < 4.78 is 30.8. The highest BCUT2D eigenvalue weighted by molar-refractivity contribution is 7.90. The second-order valence-electron chi connectivity index (χ2n) is 8.18. The van der Waals surface area contributed by atoms with Gasteiger partial charge in [0, 0.05) is 13.3 Å². The lowest BCUT2D eigenvalue weighted by Crippen LogP contribution is -2.24. The SMILES string of the molecule is COc1ccc(C2CC(c3ccc(CS(=O)(=O)c4cccc(C)c4)cc3)=NN2C(C)=O)cc1. The molecule has 1 amide bonds. The van der Waals surface area contributed by atoms with E-state index in [4.69, 9.17) is 4.74 Å². The van der Waals surface area contributed by atoms with Gasteiger partial charge in [-0.25, -0.2) is 13.4 Å². The van der Waals surface area contributed by atoms with Crippen molar-refractivity contribution in [1.29, 1.82) is 0 Å². The van der Waals surface area contributed by atoms with Crippen molar-refractivity contribution in [2.45, 2.75) is 37.0 Å². The third-order valence-corrected chi connectivity index (χ3v) is 7.41. The zero-order chi connectivity index (χ0) is 23.6. The van der Waals surface area contributed by atoms with E-state index in [1.807, 2.05) is 61.5 Å². The number of methoxy groups -OCH3 is 1. The summed E-state index contributed by atoms with van der Waals surface area (Å²) in [4.78, 5) is 12.6. The number of nitrogens with zero attached hydrogens (tertiary/aromatic N) is 2. The van der Waals surface area contributed by atoms with Crippen molar-refractivity contribution in [1.82, 2.24) is 5.01 Å². The minimum absolute atomic E-state index is 0.0722. The van der Waals surface area contributed by atoms with E-state index in [9.17, 15) is 13.2 Å². The average Bonchev–Trinajstić information content (AvgIpc) is 3.25. The van der Waals surface area contributed by atoms with Crippen molar-refractivity contribution in [2.24, 2.45) is 5.10 Å². The highest BCUT2D eigenvalue weighted by Gasteiger charge is 2.31. The largest absolute Gasteiger partial charge is 0.497 e. The van der Waals surface area contributed by atoms with Gasteiger partial charge in [0.1, 0.15) is 5.75 Å². The van der Waals surface area contributed by atoms with Crippen LogP contribution in [0, 0.1) is 6.92 Å². The Hall–Kier alpha value is -3.45. The Morgan fingerprint density at radius 2 is 1.76 bits per heavy atom. The summed E-state index contributed by atoms with van der Waals surface area (Å²) in [5.41, 5.74) is 4.25. The van der Waals surface area contributed by atoms with Crippen LogP contribution in [0.4, 0.5) is 0 Å². The van der Waals surface area contributed by atoms with Crippen LogP contribution in [-0.2, 0) is 20.4 Å². The first-order valence-electron chi connectivity index (χ1n) is 10.7. The van der Waals surface area contributed by atoms with Crippen LogP contribution in [-0.4, -0.2) is 32.2 Å². The van der Waals surface area contributed by atoms with Crippen LogP contribution in [0.1, 0.15) is 41.6 Å². The number of hydrogen-bond donors (Lipinski definition) is 0. The molecule has 1 heterocycles. The van der Waals surface area contributed by atoms with Crippen LogP contribution in [0.3, 0.4) is 0 Å². The van der Waals surface area contributed by atoms with E-state index in [0.29, 0.717) is 16.9 Å². The van der Waals surface area contributed by atoms with Gasteiger partial charge >= 0.3 is 0 Å². The summed E-state index contributed by atoms with van der Waals surface area (Å²) >= 11 is 0. The fraction of sp³-hybridized carbons (Fsp3) is 0.231. The maximum absolute atomic E-state index is 12.8. The average molecular weight is 463 g/mol. The van der Waals surface area contributed by atoms with Crippen LogP contribution in [0.25, 0.3) is 0 Å². The number of hydrogen-bond acceptors (Lipinski definition) is 5. The van der Waals surface area contributed by atoms with Crippen LogP contribution in [0.15, 0.2) is 82.8 Å². The van der Waals surface area contributed by atoms with Crippen LogP contribution < -0.4 is 4.74 Å². The third-order valence-electron chi connectivity index (χ3n) is 5.73. The fourth-order valence-corrected chi connectivity index (χ4v) is 5.41. The number of aryl methyl sites for hydroxylation is 1. The Morgan fingerprint density at radius 3 is 2.36 bits per heavy atom. The first-order valence-corrected chi connectivity index (χ1v) is 12.3. The zero-order valence-corrected chi connectivity index (χ0v) is 19.7. The van der Waals surface area contributed by atoms with Gasteiger partial charge in [-0.1, -0.05) is 48.5 Å². The van der Waals surface area contributed by atoms with Crippen molar-refractivity contribution in [3.63, 3.8) is 0 Å². The normalized spacial score (nSPS) is 15.9. The molecule has 1 atom stereocenters. The number of amides is 1. The van der Waals surface area contributed by atoms with Gasteiger partial charge in [0.05, 0.1) is 29.5 Å². The number of carbonyl (C=O) groups is 1. The van der Waals surface area contributed by atoms with Gasteiger partial charge in [-0.3, -0.25) is 4.79 Å². The van der Waals surface area contributed by atoms with Gasteiger partial charge in [0.25, 0.3) is 0 Å². The molecule has 33 heavy (non-hydrogen) atoms. The van der Waals surface area contributed by atoms with Crippen LogP contribution >= 0.6 is 0 Å². The molecule has 0 radical (unpaired) electrons. The molecule has 0 aliphatic carbocycles. The Labute approximate surface area is 194 Å². The molecule has 1 unspecified atom stereocenters. The van der Waals surface area contributed by atoms with E-state index in [1.165, 1.54) is 11.9 Å². The van der Waals surface area contributed by atoms with Gasteiger partial charge < -0.3 is 4.74 Å². The number of sulfone groups is 1. The molecule has 0 N–H and O–H groups in total. The fourth-order valence-electron chi connectivity index (χ4n) is 3.97. The molecule has 1 aliphatic heterocycles. The van der Waals surface area contributed by atoms with Gasteiger partial charge in [-0.15, -0.1) is 0 Å². The highest BCUT2D eigenvalue weighted by atomic mass is 32.2. The molecule has 4 rings (SSSR count). The molecule has 170 valence electrons. The lowest BCUT2D eigenvalue weighted by Gasteiger charge is -2.20. The predicted octanol–water partition coefficient (Wildman–Crippen LogP) is 4.68. The summed E-state index contributed by atoms with van der Waals surface area (Å²) in [6, 6.07) is 21.7. The maximum atomic E-state index is 12.8. The summed E-state index contributed by atoms with van der Waals surface area (Å²) in [7, 11) is -1.82. The van der Waals surface area contributed by atoms with Gasteiger partial charge in [0.2, 0.25) is 5.91 Å². The maximum Gasteiger partial charge on any atom is 0.240 e. The number of hydrazone groups is 1. The van der Waals surface area contributed by atoms with Crippen LogP contribution in [0.2, 0.25) is 0 Å². The van der Waals surface area contributed by atoms with E-state index in [-0.39, 0.29) is 17.7 Å². The highest BCUT2D eigenvalue weighted by Crippen LogP contribution is 2.33. The number of benzene rings is 3.